The molecule has 14 heteroatoms. The molecule has 6 rings (SSSR count). The van der Waals surface area contributed by atoms with Gasteiger partial charge in [-0.3, -0.25) is 4.79 Å². The summed E-state index contributed by atoms with van der Waals surface area (Å²) in [6.45, 7) is 5.80. The van der Waals surface area contributed by atoms with Crippen LogP contribution in [0.2, 0.25) is 10.0 Å². The number of benzene rings is 2. The zero-order valence-corrected chi connectivity index (χ0v) is 30.1. The maximum absolute atomic E-state index is 11.6. The van der Waals surface area contributed by atoms with Gasteiger partial charge in [-0.15, -0.1) is 0 Å². The van der Waals surface area contributed by atoms with Gasteiger partial charge in [-0.2, -0.15) is 4.73 Å². The second kappa shape index (κ2) is 16.0. The van der Waals surface area contributed by atoms with E-state index in [-0.39, 0.29) is 31.5 Å². The van der Waals surface area contributed by atoms with Crippen molar-refractivity contribution < 1.29 is 43.7 Å². The Kier molecular flexibility index (Phi) is 12.4. The van der Waals surface area contributed by atoms with E-state index >= 15 is 0 Å². The number of ether oxygens (including phenoxy) is 3. The average Bonchev–Trinajstić information content (AvgIpc) is 3.69. The van der Waals surface area contributed by atoms with Gasteiger partial charge in [-0.1, -0.05) is 47.6 Å². The van der Waals surface area contributed by atoms with Gasteiger partial charge in [0.15, 0.2) is 0 Å². The summed E-state index contributed by atoms with van der Waals surface area (Å²) in [4.78, 5) is 19.8. The molecule has 0 saturated carbocycles. The van der Waals surface area contributed by atoms with Crippen LogP contribution in [0, 0.1) is 4.64 Å². The molecule has 2 aliphatic heterocycles. The van der Waals surface area contributed by atoms with E-state index in [0.717, 1.165) is 42.3 Å². The van der Waals surface area contributed by atoms with E-state index in [1.165, 1.54) is 6.20 Å². The number of hydrogen-bond donors (Lipinski definition) is 1. The molecule has 4 aromatic rings. The molecule has 2 aromatic heterocycles. The molecule has 1 N–H and O–H groups in total. The molecule has 2 atom stereocenters. The molecule has 45 heavy (non-hydrogen) atoms. The predicted molar refractivity (Wildman–Crippen MR) is 170 cm³/mol. The van der Waals surface area contributed by atoms with Crippen LogP contribution in [0.15, 0.2) is 85.6 Å². The van der Waals surface area contributed by atoms with Gasteiger partial charge in [-0.05, 0) is 48.5 Å². The summed E-state index contributed by atoms with van der Waals surface area (Å²) in [7, 11) is 0. The van der Waals surface area contributed by atoms with Crippen LogP contribution >= 0.6 is 35.4 Å². The summed E-state index contributed by atoms with van der Waals surface area (Å²) in [6, 6.07) is 18.4. The van der Waals surface area contributed by atoms with Crippen molar-refractivity contribution in [2.24, 2.45) is 0 Å². The minimum absolute atomic E-state index is 0. The van der Waals surface area contributed by atoms with E-state index in [9.17, 15) is 4.79 Å². The second-order valence-corrected chi connectivity index (χ2v) is 11.6. The van der Waals surface area contributed by atoms with E-state index in [4.69, 9.17) is 42.6 Å². The molecule has 234 valence electrons. The van der Waals surface area contributed by atoms with Crippen molar-refractivity contribution in [2.45, 2.75) is 25.4 Å². The molecule has 0 spiro atoms. The van der Waals surface area contributed by atoms with Gasteiger partial charge in [0.25, 0.3) is 0 Å². The fraction of sp³-hybridized carbons (Fsp3) is 0.323. The molecular weight excluding hydrogens is 691 g/mol. The number of anilines is 1. The fourth-order valence-corrected chi connectivity index (χ4v) is 5.71. The maximum Gasteiger partial charge on any atom is 0.219 e. The van der Waals surface area contributed by atoms with E-state index in [1.807, 2.05) is 46.0 Å². The topological polar surface area (TPSA) is 94.2 Å². The van der Waals surface area contributed by atoms with Gasteiger partial charge in [0, 0.05) is 87.4 Å². The first-order chi connectivity index (χ1) is 21.2. The van der Waals surface area contributed by atoms with Gasteiger partial charge in [0.2, 0.25) is 11.7 Å². The molecule has 0 aliphatic carbocycles. The Morgan fingerprint density at radius 2 is 1.84 bits per heavy atom. The molecule has 0 radical (unpaired) electrons. The number of aromatic nitrogens is 3. The van der Waals surface area contributed by atoms with Crippen molar-refractivity contribution in [1.29, 1.82) is 0 Å². The molecule has 1 amide bonds. The Morgan fingerprint density at radius 1 is 1.09 bits per heavy atom. The zero-order valence-electron chi connectivity index (χ0n) is 24.8. The van der Waals surface area contributed by atoms with Crippen LogP contribution in [-0.4, -0.2) is 75.8 Å². The number of carbonyl (C=O) groups is 1. The number of halogens is 2. The molecule has 2 aromatic carbocycles. The van der Waals surface area contributed by atoms with E-state index in [0.29, 0.717) is 40.0 Å². The third-order valence-electron chi connectivity index (χ3n) is 7.32. The number of nitrogens with zero attached hydrogens (tertiary/aromatic N) is 5. The van der Waals surface area contributed by atoms with Crippen LogP contribution in [0.1, 0.15) is 12.5 Å². The monoisotopic (exact) mass is 721 g/mol. The Balaban J connectivity index is 0.000000447. The standard InChI is InChI=1S/C26H28Cl2N4O4.C5H5NOS.Zn/c1-19(33)31-10-12-32(13-11-31)21-3-5-22(6-4-21)34-15-23-16-35-26(36-23,17-30-9-8-29-18-30)24-7-2-20(27)14-25(24)28;7-6-4-2-1-3-5(6)8;/h2-9,14,18,23H,10-13,15-17H2,1H3;1-4,7H;/t23-,26-;;/m0../s1. The summed E-state index contributed by atoms with van der Waals surface area (Å²) < 4.78 is 21.9. The van der Waals surface area contributed by atoms with Crippen molar-refractivity contribution in [3.8, 4) is 5.75 Å². The molecule has 2 aliphatic rings. The minimum atomic E-state index is -1.08. The van der Waals surface area contributed by atoms with Gasteiger partial charge in [-0.25, -0.2) is 4.98 Å². The van der Waals surface area contributed by atoms with Crippen molar-refractivity contribution in [2.75, 3.05) is 44.3 Å². The molecular formula is C31H33Cl2N5O5SZn. The number of pyridine rings is 1. The Hall–Kier alpha value is -2.99. The van der Waals surface area contributed by atoms with Crippen molar-refractivity contribution in [3.63, 3.8) is 0 Å². The smallest absolute Gasteiger partial charge is 0.219 e. The largest absolute Gasteiger partial charge is 0.491 e. The molecule has 0 unspecified atom stereocenters. The third-order valence-corrected chi connectivity index (χ3v) is 8.19. The van der Waals surface area contributed by atoms with Crippen LogP contribution in [-0.2, 0) is 46.1 Å². The SMILES string of the molecule is CC(=O)N1CCN(c2ccc(OC[C@H]3CO[C@](Cn4ccnc4)(c4ccc(Cl)cc4Cl)O3)cc2)CC1.On1ccccc1=S.[Zn]. The van der Waals surface area contributed by atoms with E-state index < -0.39 is 5.79 Å². The van der Waals surface area contributed by atoms with Gasteiger partial charge < -0.3 is 33.8 Å². The first-order valence-corrected chi connectivity index (χ1v) is 15.2. The van der Waals surface area contributed by atoms with Crippen molar-refractivity contribution in [3.05, 3.63) is 106 Å². The molecule has 10 nitrogen and oxygen atoms in total. The van der Waals surface area contributed by atoms with Gasteiger partial charge >= 0.3 is 0 Å². The fourth-order valence-electron chi connectivity index (χ4n) is 5.02. The average molecular weight is 724 g/mol. The molecule has 2 fully saturated rings. The molecule has 4 heterocycles. The number of carbonyl (C=O) groups excluding carboxylic acids is 1. The van der Waals surface area contributed by atoms with E-state index in [2.05, 4.69) is 22.1 Å². The number of rotatable bonds is 7. The third kappa shape index (κ3) is 9.06. The van der Waals surface area contributed by atoms with Crippen molar-refractivity contribution in [1.82, 2.24) is 19.2 Å². The summed E-state index contributed by atoms with van der Waals surface area (Å²) in [5, 5.41) is 9.75. The maximum atomic E-state index is 11.6. The van der Waals surface area contributed by atoms with Gasteiger partial charge in [0.1, 0.15) is 23.1 Å². The van der Waals surface area contributed by atoms with Crippen LogP contribution in [0.25, 0.3) is 0 Å². The van der Waals surface area contributed by atoms with E-state index in [1.54, 1.807) is 49.8 Å². The predicted octanol–water partition coefficient (Wildman–Crippen LogP) is 5.66. The van der Waals surface area contributed by atoms with Crippen LogP contribution in [0.4, 0.5) is 5.69 Å². The Bertz CT molecular complexity index is 1600. The van der Waals surface area contributed by atoms with Crippen LogP contribution < -0.4 is 9.64 Å². The van der Waals surface area contributed by atoms with Gasteiger partial charge in [0.05, 0.1) is 24.5 Å². The molecule has 2 saturated heterocycles. The first-order valence-electron chi connectivity index (χ1n) is 14.1. The number of piperazine rings is 1. The van der Waals surface area contributed by atoms with Crippen molar-refractivity contribution >= 4 is 47.0 Å². The first kappa shape index (κ1) is 34.9. The number of hydrogen-bond acceptors (Lipinski definition) is 8. The summed E-state index contributed by atoms with van der Waals surface area (Å²) in [6.07, 6.45) is 6.47. The Labute approximate surface area is 289 Å². The summed E-state index contributed by atoms with van der Waals surface area (Å²) >= 11 is 17.3. The normalized spacial score (nSPS) is 19.3. The summed E-state index contributed by atoms with van der Waals surface area (Å²) in [5.41, 5.74) is 1.82. The second-order valence-electron chi connectivity index (χ2n) is 10.3. The van der Waals surface area contributed by atoms with Crippen LogP contribution in [0.3, 0.4) is 0 Å². The van der Waals surface area contributed by atoms with Crippen LogP contribution in [0.5, 0.6) is 5.75 Å². The molecule has 0 bridgehead atoms. The zero-order chi connectivity index (χ0) is 31.1. The number of amides is 1. The Morgan fingerprint density at radius 3 is 2.44 bits per heavy atom. The number of imidazole rings is 1. The quantitative estimate of drug-likeness (QED) is 0.149. The minimum Gasteiger partial charge on any atom is -0.491 e. The summed E-state index contributed by atoms with van der Waals surface area (Å²) in [5.74, 6) is -0.201.